The highest BCUT2D eigenvalue weighted by atomic mass is 32.2. The highest BCUT2D eigenvalue weighted by Gasteiger charge is 2.67. The van der Waals surface area contributed by atoms with E-state index >= 15 is 0 Å². The highest BCUT2D eigenvalue weighted by molar-refractivity contribution is 7.91. The number of rotatable bonds is 9. The first-order valence-electron chi connectivity index (χ1n) is 10.1. The van der Waals surface area contributed by atoms with Crippen LogP contribution in [0.2, 0.25) is 0 Å². The van der Waals surface area contributed by atoms with E-state index < -0.39 is 47.2 Å². The Hall–Kier alpha value is -3.36. The number of halogens is 4. The molecule has 0 aliphatic rings. The lowest BCUT2D eigenvalue weighted by molar-refractivity contribution is -0.167. The van der Waals surface area contributed by atoms with Crippen molar-refractivity contribution >= 4 is 20.0 Å². The molecule has 0 radical (unpaired) electrons. The average molecular weight is 565 g/mol. The van der Waals surface area contributed by atoms with Gasteiger partial charge in [-0.3, -0.25) is 4.55 Å². The summed E-state index contributed by atoms with van der Waals surface area (Å²) in [5.74, 6) is -4.08. The number of benzene rings is 3. The van der Waals surface area contributed by atoms with Crippen LogP contribution in [0, 0.1) is 6.92 Å². The van der Waals surface area contributed by atoms with Crippen molar-refractivity contribution in [1.82, 2.24) is 0 Å². The van der Waals surface area contributed by atoms with E-state index in [1.165, 1.54) is 26.4 Å². The molecule has 200 valence electrons. The first kappa shape index (κ1) is 28.2. The molecular formula is C23H20F4O8S2. The summed E-state index contributed by atoms with van der Waals surface area (Å²) in [7, 11) is -8.17. The first-order valence-corrected chi connectivity index (χ1v) is 13.1. The SMILES string of the molecule is COc1cc(OC)cc(Oc2ccc(S(=O)(=O)c3ccc(C)c(C(F)(F)C(F)(F)S(=O)(=O)O)c3)cc2)c1. The van der Waals surface area contributed by atoms with Crippen molar-refractivity contribution in [3.8, 4) is 23.0 Å². The molecule has 0 fully saturated rings. The molecule has 0 saturated carbocycles. The highest BCUT2D eigenvalue weighted by Crippen LogP contribution is 2.47. The van der Waals surface area contributed by atoms with Crippen LogP contribution in [0.3, 0.4) is 0 Å². The molecule has 0 atom stereocenters. The van der Waals surface area contributed by atoms with Gasteiger partial charge >= 0.3 is 21.3 Å². The Morgan fingerprint density at radius 2 is 1.19 bits per heavy atom. The van der Waals surface area contributed by atoms with Crippen LogP contribution in [0.1, 0.15) is 11.1 Å². The van der Waals surface area contributed by atoms with Crippen LogP contribution in [-0.2, 0) is 25.9 Å². The predicted molar refractivity (Wildman–Crippen MR) is 123 cm³/mol. The summed E-state index contributed by atoms with van der Waals surface area (Å²) in [6.45, 7) is 0.958. The van der Waals surface area contributed by atoms with Crippen LogP contribution < -0.4 is 14.2 Å². The van der Waals surface area contributed by atoms with Crippen LogP contribution in [0.25, 0.3) is 0 Å². The Labute approximate surface area is 210 Å². The molecule has 0 amide bonds. The standard InChI is InChI=1S/C23H20F4O8S2/c1-14-4-7-20(13-21(14)22(24,25)23(26,27)37(30,31)32)36(28,29)19-8-5-15(6-9-19)35-18-11-16(33-2)10-17(12-18)34-3/h4-13H,1-3H3,(H,30,31,32). The van der Waals surface area contributed by atoms with Crippen LogP contribution in [0.5, 0.6) is 23.0 Å². The van der Waals surface area contributed by atoms with E-state index in [1.54, 1.807) is 18.2 Å². The maximum Gasteiger partial charge on any atom is 0.436 e. The van der Waals surface area contributed by atoms with Gasteiger partial charge in [0, 0.05) is 23.8 Å². The number of alkyl halides is 4. The lowest BCUT2D eigenvalue weighted by Gasteiger charge is -2.25. The minimum atomic E-state index is -6.53. The van der Waals surface area contributed by atoms with Gasteiger partial charge < -0.3 is 14.2 Å². The molecule has 0 unspecified atom stereocenters. The summed E-state index contributed by atoms with van der Waals surface area (Å²) in [4.78, 5) is -1.19. The van der Waals surface area contributed by atoms with Gasteiger partial charge in [0.05, 0.1) is 24.0 Å². The predicted octanol–water partition coefficient (Wildman–Crippen LogP) is 5.21. The molecule has 0 aliphatic carbocycles. The van der Waals surface area contributed by atoms with Gasteiger partial charge in [-0.1, -0.05) is 6.07 Å². The lowest BCUT2D eigenvalue weighted by atomic mass is 10.0. The lowest BCUT2D eigenvalue weighted by Crippen LogP contribution is -2.45. The maximum absolute atomic E-state index is 14.5. The summed E-state index contributed by atoms with van der Waals surface area (Å²) in [6, 6.07) is 11.4. The normalized spacial score (nSPS) is 12.8. The van der Waals surface area contributed by atoms with Gasteiger partial charge in [-0.25, -0.2) is 8.42 Å². The average Bonchev–Trinajstić information content (AvgIpc) is 2.83. The Morgan fingerprint density at radius 1 is 0.703 bits per heavy atom. The Kier molecular flexibility index (Phi) is 7.50. The van der Waals surface area contributed by atoms with Crippen LogP contribution in [0.4, 0.5) is 17.6 Å². The molecule has 37 heavy (non-hydrogen) atoms. The van der Waals surface area contributed by atoms with Crippen molar-refractivity contribution < 1.29 is 53.2 Å². The molecule has 3 aromatic rings. The van der Waals surface area contributed by atoms with Crippen molar-refractivity contribution in [1.29, 1.82) is 0 Å². The monoisotopic (exact) mass is 564 g/mol. The quantitative estimate of drug-likeness (QED) is 0.278. The van der Waals surface area contributed by atoms with Gasteiger partial charge in [0.25, 0.3) is 0 Å². The molecule has 14 heteroatoms. The van der Waals surface area contributed by atoms with E-state index in [2.05, 4.69) is 0 Å². The van der Waals surface area contributed by atoms with E-state index in [4.69, 9.17) is 18.8 Å². The summed E-state index contributed by atoms with van der Waals surface area (Å²) in [5, 5.41) is -5.91. The molecule has 0 aromatic heterocycles. The Morgan fingerprint density at radius 3 is 1.68 bits per heavy atom. The summed E-state index contributed by atoms with van der Waals surface area (Å²) in [5.41, 5.74) is -2.10. The molecular weight excluding hydrogens is 544 g/mol. The van der Waals surface area contributed by atoms with E-state index in [0.717, 1.165) is 31.2 Å². The smallest absolute Gasteiger partial charge is 0.436 e. The molecule has 8 nitrogen and oxygen atoms in total. The number of sulfone groups is 1. The Balaban J connectivity index is 1.97. The molecule has 1 N–H and O–H groups in total. The van der Waals surface area contributed by atoms with Crippen LogP contribution in [-0.4, -0.2) is 40.9 Å². The van der Waals surface area contributed by atoms with E-state index in [9.17, 15) is 34.4 Å². The number of aryl methyl sites for hydroxylation is 1. The molecule has 0 bridgehead atoms. The zero-order valence-electron chi connectivity index (χ0n) is 19.4. The van der Waals surface area contributed by atoms with Gasteiger partial charge in [0.1, 0.15) is 23.0 Å². The fourth-order valence-corrected chi connectivity index (χ4v) is 4.95. The number of methoxy groups -OCH3 is 2. The largest absolute Gasteiger partial charge is 0.496 e. The van der Waals surface area contributed by atoms with Gasteiger partial charge in [-0.05, 0) is 48.9 Å². The van der Waals surface area contributed by atoms with Gasteiger partial charge in [-0.15, -0.1) is 0 Å². The second kappa shape index (κ2) is 9.84. The molecule has 3 aromatic carbocycles. The summed E-state index contributed by atoms with van der Waals surface area (Å²) in [6.07, 6.45) is 0. The van der Waals surface area contributed by atoms with Crippen LogP contribution in [0.15, 0.2) is 70.5 Å². The summed E-state index contributed by atoms with van der Waals surface area (Å²) < 4.78 is 129. The fourth-order valence-electron chi connectivity index (χ4n) is 3.22. The van der Waals surface area contributed by atoms with Crippen molar-refractivity contribution in [3.63, 3.8) is 0 Å². The summed E-state index contributed by atoms with van der Waals surface area (Å²) >= 11 is 0. The number of ether oxygens (including phenoxy) is 3. The topological polar surface area (TPSA) is 116 Å². The fraction of sp³-hybridized carbons (Fsp3) is 0.217. The third-order valence-corrected chi connectivity index (χ3v) is 7.91. The minimum absolute atomic E-state index is 0.193. The Bertz CT molecular complexity index is 1500. The van der Waals surface area contributed by atoms with Gasteiger partial charge in [0.15, 0.2) is 0 Å². The van der Waals surface area contributed by atoms with Crippen LogP contribution >= 0.6 is 0 Å². The third-order valence-electron chi connectivity index (χ3n) is 5.24. The van der Waals surface area contributed by atoms with E-state index in [1.807, 2.05) is 0 Å². The molecule has 0 aliphatic heterocycles. The first-order chi connectivity index (χ1) is 17.0. The van der Waals surface area contributed by atoms with E-state index in [-0.39, 0.29) is 16.7 Å². The van der Waals surface area contributed by atoms with Crippen molar-refractivity contribution in [3.05, 3.63) is 71.8 Å². The van der Waals surface area contributed by atoms with Crippen molar-refractivity contribution in [2.45, 2.75) is 27.9 Å². The minimum Gasteiger partial charge on any atom is -0.496 e. The van der Waals surface area contributed by atoms with E-state index in [0.29, 0.717) is 17.2 Å². The molecule has 0 heterocycles. The zero-order valence-corrected chi connectivity index (χ0v) is 21.0. The number of hydrogen-bond acceptors (Lipinski definition) is 7. The van der Waals surface area contributed by atoms with Gasteiger partial charge in [0.2, 0.25) is 9.84 Å². The third kappa shape index (κ3) is 5.36. The maximum atomic E-state index is 14.5. The number of hydrogen-bond donors (Lipinski definition) is 1. The van der Waals surface area contributed by atoms with Crippen molar-refractivity contribution in [2.75, 3.05) is 14.2 Å². The molecule has 3 rings (SSSR count). The van der Waals surface area contributed by atoms with Crippen molar-refractivity contribution in [2.24, 2.45) is 0 Å². The molecule has 0 saturated heterocycles. The van der Waals surface area contributed by atoms with Gasteiger partial charge in [-0.2, -0.15) is 26.0 Å². The molecule has 0 spiro atoms. The zero-order chi connectivity index (χ0) is 27.8. The second-order valence-electron chi connectivity index (χ2n) is 7.67. The second-order valence-corrected chi connectivity index (χ2v) is 11.1.